The molecule has 23 heavy (non-hydrogen) atoms. The van der Waals surface area contributed by atoms with Gasteiger partial charge in [-0.15, -0.1) is 0 Å². The molecule has 0 bridgehead atoms. The first-order chi connectivity index (χ1) is 11.3. The minimum Gasteiger partial charge on any atom is -0.490 e. The molecule has 0 aliphatic heterocycles. The van der Waals surface area contributed by atoms with Crippen LogP contribution in [-0.4, -0.2) is 25.7 Å². The minimum absolute atomic E-state index is 0.0126. The molecule has 4 nitrogen and oxygen atoms in total. The molecule has 0 radical (unpaired) electrons. The number of rotatable bonds is 9. The van der Waals surface area contributed by atoms with E-state index in [1.165, 1.54) is 5.56 Å². The Hall–Kier alpha value is -2.49. The standard InChI is InChI=1S/C19H23NO3/c1-2-14-22-17-10-6-7-11-18(17)23-15-19(21)20-13-12-16-8-4-3-5-9-16/h3-11H,2,12-15H2,1H3,(H,20,21). The Morgan fingerprint density at radius 2 is 1.61 bits per heavy atom. The number of nitrogens with one attached hydrogen (secondary N) is 1. The second-order valence-corrected chi connectivity index (χ2v) is 5.17. The molecule has 0 aliphatic carbocycles. The van der Waals surface area contributed by atoms with Crippen molar-refractivity contribution in [1.82, 2.24) is 5.32 Å². The van der Waals surface area contributed by atoms with E-state index in [1.807, 2.05) is 61.5 Å². The molecule has 122 valence electrons. The van der Waals surface area contributed by atoms with Crippen molar-refractivity contribution in [2.75, 3.05) is 19.8 Å². The third kappa shape index (κ3) is 6.02. The van der Waals surface area contributed by atoms with Gasteiger partial charge in [0.2, 0.25) is 0 Å². The first-order valence-corrected chi connectivity index (χ1v) is 7.95. The second kappa shape index (κ2) is 9.51. The topological polar surface area (TPSA) is 47.6 Å². The second-order valence-electron chi connectivity index (χ2n) is 5.17. The first kappa shape index (κ1) is 16.9. The van der Waals surface area contributed by atoms with Crippen LogP contribution < -0.4 is 14.8 Å². The highest BCUT2D eigenvalue weighted by atomic mass is 16.5. The number of carbonyl (C=O) groups is 1. The van der Waals surface area contributed by atoms with E-state index in [0.29, 0.717) is 24.7 Å². The van der Waals surface area contributed by atoms with Gasteiger partial charge >= 0.3 is 0 Å². The zero-order chi connectivity index (χ0) is 16.3. The van der Waals surface area contributed by atoms with Crippen LogP contribution in [0.4, 0.5) is 0 Å². The van der Waals surface area contributed by atoms with E-state index in [0.717, 1.165) is 12.8 Å². The molecular weight excluding hydrogens is 290 g/mol. The summed E-state index contributed by atoms with van der Waals surface area (Å²) in [7, 11) is 0. The summed E-state index contributed by atoms with van der Waals surface area (Å²) in [6, 6.07) is 17.5. The summed E-state index contributed by atoms with van der Waals surface area (Å²) in [6.45, 7) is 3.26. The van der Waals surface area contributed by atoms with Crippen LogP contribution in [0.1, 0.15) is 18.9 Å². The van der Waals surface area contributed by atoms with Crippen molar-refractivity contribution in [1.29, 1.82) is 0 Å². The fourth-order valence-electron chi connectivity index (χ4n) is 2.09. The number of hydrogen-bond acceptors (Lipinski definition) is 3. The quantitative estimate of drug-likeness (QED) is 0.773. The van der Waals surface area contributed by atoms with Gasteiger partial charge in [-0.1, -0.05) is 49.4 Å². The molecule has 4 heteroatoms. The Morgan fingerprint density at radius 1 is 0.957 bits per heavy atom. The van der Waals surface area contributed by atoms with Gasteiger partial charge in [-0.2, -0.15) is 0 Å². The van der Waals surface area contributed by atoms with Gasteiger partial charge in [-0.05, 0) is 30.5 Å². The highest BCUT2D eigenvalue weighted by molar-refractivity contribution is 5.77. The van der Waals surface area contributed by atoms with Crippen molar-refractivity contribution in [3.8, 4) is 11.5 Å². The van der Waals surface area contributed by atoms with Crippen molar-refractivity contribution in [3.05, 3.63) is 60.2 Å². The molecule has 0 spiro atoms. The Labute approximate surface area is 137 Å². The minimum atomic E-state index is -0.133. The summed E-state index contributed by atoms with van der Waals surface area (Å²) < 4.78 is 11.2. The summed E-state index contributed by atoms with van der Waals surface area (Å²) >= 11 is 0. The third-order valence-electron chi connectivity index (χ3n) is 3.25. The Bertz CT molecular complexity index is 599. The predicted molar refractivity (Wildman–Crippen MR) is 90.9 cm³/mol. The third-order valence-corrected chi connectivity index (χ3v) is 3.25. The van der Waals surface area contributed by atoms with Crippen LogP contribution in [-0.2, 0) is 11.2 Å². The average molecular weight is 313 g/mol. The van der Waals surface area contributed by atoms with Crippen LogP contribution >= 0.6 is 0 Å². The number of hydrogen-bond donors (Lipinski definition) is 1. The molecule has 2 rings (SSSR count). The molecule has 0 atom stereocenters. The van der Waals surface area contributed by atoms with Gasteiger partial charge in [0.15, 0.2) is 18.1 Å². The molecule has 0 fully saturated rings. The number of carbonyl (C=O) groups excluding carboxylic acids is 1. The van der Waals surface area contributed by atoms with Crippen molar-refractivity contribution in [3.63, 3.8) is 0 Å². The zero-order valence-corrected chi connectivity index (χ0v) is 13.5. The lowest BCUT2D eigenvalue weighted by Gasteiger charge is -2.12. The fraction of sp³-hybridized carbons (Fsp3) is 0.316. The lowest BCUT2D eigenvalue weighted by Crippen LogP contribution is -2.30. The van der Waals surface area contributed by atoms with E-state index in [9.17, 15) is 4.79 Å². The van der Waals surface area contributed by atoms with Crippen LogP contribution in [0.2, 0.25) is 0 Å². The molecule has 2 aromatic rings. The van der Waals surface area contributed by atoms with E-state index in [1.54, 1.807) is 0 Å². The maximum atomic E-state index is 11.9. The summed E-state index contributed by atoms with van der Waals surface area (Å²) in [6.07, 6.45) is 1.73. The van der Waals surface area contributed by atoms with Crippen molar-refractivity contribution in [2.45, 2.75) is 19.8 Å². The van der Waals surface area contributed by atoms with Crippen molar-refractivity contribution >= 4 is 5.91 Å². The van der Waals surface area contributed by atoms with Gasteiger partial charge in [0, 0.05) is 6.54 Å². The summed E-state index contributed by atoms with van der Waals surface area (Å²) in [4.78, 5) is 11.9. The Balaban J connectivity index is 1.74. The van der Waals surface area contributed by atoms with Crippen LogP contribution in [0.25, 0.3) is 0 Å². The Morgan fingerprint density at radius 3 is 2.30 bits per heavy atom. The smallest absolute Gasteiger partial charge is 0.257 e. The normalized spacial score (nSPS) is 10.1. The van der Waals surface area contributed by atoms with Gasteiger partial charge < -0.3 is 14.8 Å². The molecule has 1 amide bonds. The van der Waals surface area contributed by atoms with Crippen molar-refractivity contribution in [2.24, 2.45) is 0 Å². The van der Waals surface area contributed by atoms with Crippen LogP contribution in [0.15, 0.2) is 54.6 Å². The molecule has 0 aromatic heterocycles. The number of amides is 1. The van der Waals surface area contributed by atoms with Gasteiger partial charge in [0.25, 0.3) is 5.91 Å². The zero-order valence-electron chi connectivity index (χ0n) is 13.5. The monoisotopic (exact) mass is 313 g/mol. The fourth-order valence-corrected chi connectivity index (χ4v) is 2.09. The van der Waals surface area contributed by atoms with E-state index in [-0.39, 0.29) is 12.5 Å². The van der Waals surface area contributed by atoms with Crippen molar-refractivity contribution < 1.29 is 14.3 Å². The highest BCUT2D eigenvalue weighted by Gasteiger charge is 2.07. The summed E-state index contributed by atoms with van der Waals surface area (Å²) in [5.41, 5.74) is 1.20. The summed E-state index contributed by atoms with van der Waals surface area (Å²) in [5, 5.41) is 2.86. The number of para-hydroxylation sites is 2. The molecule has 2 aromatic carbocycles. The maximum Gasteiger partial charge on any atom is 0.257 e. The van der Waals surface area contributed by atoms with Gasteiger partial charge in [-0.25, -0.2) is 0 Å². The highest BCUT2D eigenvalue weighted by Crippen LogP contribution is 2.26. The Kier molecular flexibility index (Phi) is 6.98. The van der Waals surface area contributed by atoms with Crippen LogP contribution in [0.5, 0.6) is 11.5 Å². The summed E-state index contributed by atoms with van der Waals surface area (Å²) in [5.74, 6) is 1.14. The van der Waals surface area contributed by atoms with E-state index < -0.39 is 0 Å². The maximum absolute atomic E-state index is 11.9. The van der Waals surface area contributed by atoms with Gasteiger partial charge in [0.05, 0.1) is 6.61 Å². The largest absolute Gasteiger partial charge is 0.490 e. The molecule has 1 N–H and O–H groups in total. The molecule has 0 aliphatic rings. The molecule has 0 unspecified atom stereocenters. The average Bonchev–Trinajstić information content (AvgIpc) is 2.60. The SMILES string of the molecule is CCCOc1ccccc1OCC(=O)NCCc1ccccc1. The number of ether oxygens (including phenoxy) is 2. The lowest BCUT2D eigenvalue weighted by molar-refractivity contribution is -0.123. The van der Waals surface area contributed by atoms with E-state index in [4.69, 9.17) is 9.47 Å². The van der Waals surface area contributed by atoms with Crippen LogP contribution in [0.3, 0.4) is 0 Å². The lowest BCUT2D eigenvalue weighted by atomic mass is 10.1. The molecular formula is C19H23NO3. The number of benzene rings is 2. The van der Waals surface area contributed by atoms with Crippen LogP contribution in [0, 0.1) is 0 Å². The van der Waals surface area contributed by atoms with Gasteiger partial charge in [0.1, 0.15) is 0 Å². The molecule has 0 saturated heterocycles. The van der Waals surface area contributed by atoms with E-state index in [2.05, 4.69) is 5.32 Å². The first-order valence-electron chi connectivity index (χ1n) is 7.95. The predicted octanol–water partition coefficient (Wildman–Crippen LogP) is 3.21. The molecule has 0 saturated carbocycles. The molecule has 0 heterocycles. The van der Waals surface area contributed by atoms with E-state index >= 15 is 0 Å². The van der Waals surface area contributed by atoms with Gasteiger partial charge in [-0.3, -0.25) is 4.79 Å².